The summed E-state index contributed by atoms with van der Waals surface area (Å²) in [6.07, 6.45) is 4.57. The van der Waals surface area contributed by atoms with Crippen molar-refractivity contribution in [1.29, 1.82) is 0 Å². The van der Waals surface area contributed by atoms with Crippen molar-refractivity contribution < 1.29 is 33.3 Å². The van der Waals surface area contributed by atoms with Gasteiger partial charge < -0.3 is 48.6 Å². The fourth-order valence-electron chi connectivity index (χ4n) is 6.01. The van der Waals surface area contributed by atoms with Gasteiger partial charge in [0.25, 0.3) is 0 Å². The van der Waals surface area contributed by atoms with E-state index in [1.807, 2.05) is 30.3 Å². The molecule has 11 nitrogen and oxygen atoms in total. The van der Waals surface area contributed by atoms with Crippen LogP contribution in [0.5, 0.6) is 23.1 Å². The van der Waals surface area contributed by atoms with Gasteiger partial charge in [-0.2, -0.15) is 0 Å². The quantitative estimate of drug-likeness (QED) is 0.244. The summed E-state index contributed by atoms with van der Waals surface area (Å²) < 4.78 is 28.5. The average molecular weight is 593 g/mol. The molecule has 1 amide bonds. The van der Waals surface area contributed by atoms with Gasteiger partial charge in [-0.05, 0) is 37.8 Å². The Morgan fingerprint density at radius 1 is 1.00 bits per heavy atom. The number of hydrogen-bond acceptors (Lipinski definition) is 9. The Balaban J connectivity index is 1.01. The number of aromatic nitrogens is 1. The van der Waals surface area contributed by atoms with Crippen LogP contribution < -0.4 is 24.3 Å². The monoisotopic (exact) mass is 592 g/mol. The minimum absolute atomic E-state index is 0.0823. The van der Waals surface area contributed by atoms with Crippen LogP contribution in [0.3, 0.4) is 0 Å². The zero-order valence-corrected chi connectivity index (χ0v) is 24.8. The number of H-pyrrole nitrogens is 1. The lowest BCUT2D eigenvalue weighted by Gasteiger charge is -2.35. The maximum atomic E-state index is 12.7. The second-order valence-electron chi connectivity index (χ2n) is 11.3. The fourth-order valence-corrected chi connectivity index (χ4v) is 6.01. The molecule has 0 aliphatic carbocycles. The molecule has 0 atom stereocenters. The number of amides is 1. The highest BCUT2D eigenvalue weighted by Gasteiger charge is 2.23. The van der Waals surface area contributed by atoms with Crippen LogP contribution in [-0.2, 0) is 6.61 Å². The van der Waals surface area contributed by atoms with Crippen LogP contribution in [0.25, 0.3) is 21.9 Å². The Kier molecular flexibility index (Phi) is 8.92. The van der Waals surface area contributed by atoms with Crippen LogP contribution in [0.2, 0.25) is 0 Å². The number of fused-ring (bicyclic) bond motifs is 2. The first-order chi connectivity index (χ1) is 21.0. The molecule has 230 valence electrons. The highest BCUT2D eigenvalue weighted by atomic mass is 16.6. The SMILES string of the molecule is COc1cc(OC)c2c(COc3cccc4[nH]c(OC(=O)NC5CCN(CCN6CCC(O)CC6)CC5)cc34)coc2c1. The van der Waals surface area contributed by atoms with Crippen molar-refractivity contribution in [2.75, 3.05) is 53.5 Å². The van der Waals surface area contributed by atoms with Crippen molar-refractivity contribution in [3.8, 4) is 23.1 Å². The Hall–Kier alpha value is -3.93. The number of hydrogen-bond donors (Lipinski definition) is 3. The van der Waals surface area contributed by atoms with Gasteiger partial charge in [-0.15, -0.1) is 0 Å². The van der Waals surface area contributed by atoms with E-state index in [1.165, 1.54) is 0 Å². The number of piperidine rings is 2. The topological polar surface area (TPSA) is 122 Å². The molecule has 11 heteroatoms. The van der Waals surface area contributed by atoms with Gasteiger partial charge in [0.2, 0.25) is 5.88 Å². The van der Waals surface area contributed by atoms with Gasteiger partial charge in [-0.1, -0.05) is 6.07 Å². The van der Waals surface area contributed by atoms with Crippen molar-refractivity contribution in [2.24, 2.45) is 0 Å². The number of furan rings is 1. The number of carbonyl (C=O) groups excluding carboxylic acids is 1. The van der Waals surface area contributed by atoms with Gasteiger partial charge in [-0.25, -0.2) is 4.79 Å². The number of likely N-dealkylation sites (tertiary alicyclic amines) is 2. The van der Waals surface area contributed by atoms with Crippen molar-refractivity contribution in [3.63, 3.8) is 0 Å². The van der Waals surface area contributed by atoms with Crippen LogP contribution >= 0.6 is 0 Å². The number of aliphatic hydroxyl groups is 1. The summed E-state index contributed by atoms with van der Waals surface area (Å²) in [5.41, 5.74) is 2.30. The second-order valence-corrected chi connectivity index (χ2v) is 11.3. The number of aromatic amines is 1. The molecular weight excluding hydrogens is 552 g/mol. The van der Waals surface area contributed by atoms with E-state index in [4.69, 9.17) is 23.4 Å². The molecule has 2 aromatic heterocycles. The van der Waals surface area contributed by atoms with Crippen molar-refractivity contribution in [3.05, 3.63) is 48.2 Å². The van der Waals surface area contributed by atoms with Crippen LogP contribution in [0, 0.1) is 0 Å². The Labute approximate surface area is 250 Å². The van der Waals surface area contributed by atoms with Gasteiger partial charge in [-0.3, -0.25) is 0 Å². The first-order valence-corrected chi connectivity index (χ1v) is 15.0. The van der Waals surface area contributed by atoms with E-state index in [0.29, 0.717) is 28.7 Å². The molecule has 2 aliphatic rings. The Bertz CT molecular complexity index is 1530. The lowest BCUT2D eigenvalue weighted by Crippen LogP contribution is -2.47. The van der Waals surface area contributed by atoms with Gasteiger partial charge >= 0.3 is 6.09 Å². The van der Waals surface area contributed by atoms with Crippen LogP contribution in [0.1, 0.15) is 31.2 Å². The second kappa shape index (κ2) is 13.2. The number of rotatable bonds is 10. The Morgan fingerprint density at radius 2 is 1.74 bits per heavy atom. The first kappa shape index (κ1) is 29.2. The third kappa shape index (κ3) is 6.84. The minimum atomic E-state index is -0.466. The summed E-state index contributed by atoms with van der Waals surface area (Å²) >= 11 is 0. The molecule has 6 rings (SSSR count). The highest BCUT2D eigenvalue weighted by molar-refractivity contribution is 5.90. The first-order valence-electron chi connectivity index (χ1n) is 15.0. The molecule has 2 fully saturated rings. The van der Waals surface area contributed by atoms with Gasteiger partial charge in [0.1, 0.15) is 29.4 Å². The van der Waals surface area contributed by atoms with Crippen molar-refractivity contribution in [1.82, 2.24) is 20.1 Å². The molecular formula is C32H40N4O7. The van der Waals surface area contributed by atoms with E-state index in [0.717, 1.165) is 86.8 Å². The molecule has 2 aromatic carbocycles. The molecule has 0 unspecified atom stereocenters. The van der Waals surface area contributed by atoms with Crippen LogP contribution in [0.15, 0.2) is 47.1 Å². The smallest absolute Gasteiger partial charge is 0.414 e. The minimum Gasteiger partial charge on any atom is -0.496 e. The molecule has 3 N–H and O–H groups in total. The lowest BCUT2D eigenvalue weighted by atomic mass is 10.1. The van der Waals surface area contributed by atoms with Crippen LogP contribution in [0.4, 0.5) is 4.79 Å². The number of nitrogens with one attached hydrogen (secondary N) is 2. The van der Waals surface area contributed by atoms with E-state index >= 15 is 0 Å². The molecule has 0 saturated carbocycles. The highest BCUT2D eigenvalue weighted by Crippen LogP contribution is 2.36. The van der Waals surface area contributed by atoms with Crippen molar-refractivity contribution >= 4 is 28.0 Å². The summed E-state index contributed by atoms with van der Waals surface area (Å²) in [6.45, 7) is 6.14. The predicted octanol–water partition coefficient (Wildman–Crippen LogP) is 4.52. The molecule has 0 bridgehead atoms. The van der Waals surface area contributed by atoms with E-state index in [-0.39, 0.29) is 18.8 Å². The Morgan fingerprint density at radius 3 is 2.47 bits per heavy atom. The normalized spacial score (nSPS) is 17.4. The van der Waals surface area contributed by atoms with Gasteiger partial charge in [0, 0.05) is 74.5 Å². The fraction of sp³-hybridized carbons (Fsp3) is 0.469. The predicted molar refractivity (Wildman–Crippen MR) is 162 cm³/mol. The number of ether oxygens (including phenoxy) is 4. The van der Waals surface area contributed by atoms with Crippen molar-refractivity contribution in [2.45, 2.75) is 44.4 Å². The summed E-state index contributed by atoms with van der Waals surface area (Å²) in [4.78, 5) is 20.8. The largest absolute Gasteiger partial charge is 0.496 e. The number of benzene rings is 2. The van der Waals surface area contributed by atoms with Gasteiger partial charge in [0.05, 0.1) is 37.5 Å². The maximum Gasteiger partial charge on any atom is 0.414 e. The van der Waals surface area contributed by atoms with E-state index in [9.17, 15) is 9.90 Å². The van der Waals surface area contributed by atoms with E-state index in [2.05, 4.69) is 20.1 Å². The molecule has 4 heterocycles. The number of aliphatic hydroxyl groups excluding tert-OH is 1. The molecule has 0 spiro atoms. The van der Waals surface area contributed by atoms with Gasteiger partial charge in [0.15, 0.2) is 0 Å². The average Bonchev–Trinajstić information content (AvgIpc) is 3.63. The van der Waals surface area contributed by atoms with E-state index < -0.39 is 6.09 Å². The zero-order valence-electron chi connectivity index (χ0n) is 24.8. The molecule has 0 radical (unpaired) electrons. The third-order valence-electron chi connectivity index (χ3n) is 8.53. The lowest BCUT2D eigenvalue weighted by molar-refractivity contribution is 0.0739. The van der Waals surface area contributed by atoms with Crippen LogP contribution in [-0.4, -0.2) is 91.6 Å². The summed E-state index contributed by atoms with van der Waals surface area (Å²) in [5.74, 6) is 2.30. The standard InChI is InChI=1S/C32H40N4O7/c1-39-24-16-28(40-2)31-21(20-42-29(31)17-24)19-41-27-5-3-4-26-25(27)18-30(34-26)43-32(38)33-22-6-10-35(11-7-22)14-15-36-12-8-23(37)9-13-36/h3-5,16-18,20,22-23,34,37H,6-15,19H2,1-2H3,(H,33,38). The molecule has 43 heavy (non-hydrogen) atoms. The summed E-state index contributed by atoms with van der Waals surface area (Å²) in [7, 11) is 3.21. The summed E-state index contributed by atoms with van der Waals surface area (Å²) in [5, 5.41) is 14.4. The number of methoxy groups -OCH3 is 2. The molecule has 4 aromatic rings. The number of carbonyl (C=O) groups is 1. The third-order valence-corrected chi connectivity index (χ3v) is 8.53. The molecule has 2 aliphatic heterocycles. The zero-order chi connectivity index (χ0) is 29.8. The molecule has 2 saturated heterocycles. The number of nitrogens with zero attached hydrogens (tertiary/aromatic N) is 2. The maximum absolute atomic E-state index is 12.7. The van der Waals surface area contributed by atoms with E-state index in [1.54, 1.807) is 26.5 Å². The summed E-state index contributed by atoms with van der Waals surface area (Å²) in [6, 6.07) is 11.2.